The summed E-state index contributed by atoms with van der Waals surface area (Å²) in [5, 5.41) is -0.459. The first-order valence-corrected chi connectivity index (χ1v) is 7.21. The van der Waals surface area contributed by atoms with Crippen molar-refractivity contribution in [2.24, 2.45) is 0 Å². The lowest BCUT2D eigenvalue weighted by Crippen LogP contribution is -2.43. The molecule has 0 aromatic heterocycles. The van der Waals surface area contributed by atoms with Gasteiger partial charge in [0.05, 0.1) is 5.25 Å². The Labute approximate surface area is 128 Å². The van der Waals surface area contributed by atoms with Crippen molar-refractivity contribution >= 4 is 24.6 Å². The number of ether oxygens (including phenoxy) is 5. The van der Waals surface area contributed by atoms with E-state index >= 15 is 0 Å². The maximum absolute atomic E-state index is 11.3. The highest BCUT2D eigenvalue weighted by molar-refractivity contribution is 7.81. The molecule has 0 radical (unpaired) electrons. The highest BCUT2D eigenvalue weighted by Gasteiger charge is 2.57. The zero-order valence-electron chi connectivity index (χ0n) is 12.4. The van der Waals surface area contributed by atoms with Crippen LogP contribution in [0.15, 0.2) is 0 Å². The summed E-state index contributed by atoms with van der Waals surface area (Å²) in [5.74, 6) is -1.67. The second-order valence-electron chi connectivity index (χ2n) is 5.51. The quantitative estimate of drug-likeness (QED) is 0.602. The number of thiol groups is 1. The summed E-state index contributed by atoms with van der Waals surface area (Å²) >= 11 is 4.36. The average molecular weight is 320 g/mol. The van der Waals surface area contributed by atoms with Crippen molar-refractivity contribution in [1.29, 1.82) is 0 Å². The molecule has 0 aromatic rings. The van der Waals surface area contributed by atoms with Crippen molar-refractivity contribution in [1.82, 2.24) is 0 Å². The van der Waals surface area contributed by atoms with Gasteiger partial charge in [-0.05, 0) is 13.8 Å². The monoisotopic (exact) mass is 320 g/mol. The summed E-state index contributed by atoms with van der Waals surface area (Å²) in [6.45, 7) is 6.18. The molecule has 2 aliphatic heterocycles. The predicted molar refractivity (Wildman–Crippen MR) is 73.7 cm³/mol. The molecule has 0 unspecified atom stereocenters. The van der Waals surface area contributed by atoms with Crippen LogP contribution < -0.4 is 0 Å². The van der Waals surface area contributed by atoms with Crippen molar-refractivity contribution < 1.29 is 33.3 Å². The Hall–Kier alpha value is -0.830. The molecule has 0 spiro atoms. The predicted octanol–water partition coefficient (Wildman–Crippen LogP) is 0.656. The summed E-state index contributed by atoms with van der Waals surface area (Å²) in [6.07, 6.45) is -2.41. The van der Waals surface area contributed by atoms with Gasteiger partial charge in [-0.25, -0.2) is 0 Å². The van der Waals surface area contributed by atoms with Crippen LogP contribution in [0.1, 0.15) is 27.7 Å². The van der Waals surface area contributed by atoms with E-state index in [-0.39, 0.29) is 6.61 Å². The number of rotatable bonds is 4. The molecule has 0 aromatic carbocycles. The molecule has 21 heavy (non-hydrogen) atoms. The fourth-order valence-electron chi connectivity index (χ4n) is 2.44. The molecule has 2 aliphatic rings. The third-order valence-corrected chi connectivity index (χ3v) is 3.61. The highest BCUT2D eigenvalue weighted by Crippen LogP contribution is 2.40. The first-order valence-electron chi connectivity index (χ1n) is 6.69. The van der Waals surface area contributed by atoms with Gasteiger partial charge in [0, 0.05) is 13.8 Å². The minimum absolute atomic E-state index is 0.0453. The van der Waals surface area contributed by atoms with Crippen LogP contribution in [0.4, 0.5) is 0 Å². The SMILES string of the molecule is CC(=O)OC[C@@H](S)[C@H]1O[C@@H]2OC(C)(C)O[C@@H]2[C@H]1OC(C)=O. The van der Waals surface area contributed by atoms with E-state index in [2.05, 4.69) is 12.6 Å². The number of carbonyl (C=O) groups is 2. The van der Waals surface area contributed by atoms with Gasteiger partial charge in [-0.2, -0.15) is 12.6 Å². The van der Waals surface area contributed by atoms with Gasteiger partial charge in [-0.1, -0.05) is 0 Å². The van der Waals surface area contributed by atoms with Crippen molar-refractivity contribution in [2.45, 2.75) is 63.3 Å². The Morgan fingerprint density at radius 2 is 1.90 bits per heavy atom. The van der Waals surface area contributed by atoms with Crippen LogP contribution in [-0.2, 0) is 33.3 Å². The van der Waals surface area contributed by atoms with Crippen LogP contribution in [-0.4, -0.2) is 54.2 Å². The molecule has 5 atom stereocenters. The van der Waals surface area contributed by atoms with Gasteiger partial charge < -0.3 is 23.7 Å². The van der Waals surface area contributed by atoms with Crippen LogP contribution >= 0.6 is 12.6 Å². The molecule has 0 aliphatic carbocycles. The maximum Gasteiger partial charge on any atom is 0.303 e. The Morgan fingerprint density at radius 3 is 2.48 bits per heavy atom. The topological polar surface area (TPSA) is 80.3 Å². The largest absolute Gasteiger partial charge is 0.465 e. The van der Waals surface area contributed by atoms with Crippen molar-refractivity contribution in [3.05, 3.63) is 0 Å². The number of hydrogen-bond donors (Lipinski definition) is 1. The minimum atomic E-state index is -0.805. The van der Waals surface area contributed by atoms with E-state index in [4.69, 9.17) is 23.7 Å². The smallest absolute Gasteiger partial charge is 0.303 e. The average Bonchev–Trinajstić information content (AvgIpc) is 2.79. The minimum Gasteiger partial charge on any atom is -0.465 e. The number of hydrogen-bond acceptors (Lipinski definition) is 8. The summed E-state index contributed by atoms with van der Waals surface area (Å²) in [5.41, 5.74) is 0. The van der Waals surface area contributed by atoms with Crippen molar-refractivity contribution in [3.63, 3.8) is 0 Å². The van der Waals surface area contributed by atoms with E-state index in [1.807, 2.05) is 0 Å². The van der Waals surface area contributed by atoms with E-state index < -0.39 is 47.6 Å². The molecular formula is C13H20O7S. The van der Waals surface area contributed by atoms with Gasteiger partial charge in [0.15, 0.2) is 24.3 Å². The Morgan fingerprint density at radius 1 is 1.24 bits per heavy atom. The van der Waals surface area contributed by atoms with Gasteiger partial charge in [0.25, 0.3) is 0 Å². The number of fused-ring (bicyclic) bond motifs is 1. The van der Waals surface area contributed by atoms with Gasteiger partial charge in [0.2, 0.25) is 0 Å². The van der Waals surface area contributed by atoms with Gasteiger partial charge >= 0.3 is 11.9 Å². The lowest BCUT2D eigenvalue weighted by Gasteiger charge is -2.28. The first kappa shape index (κ1) is 16.5. The molecule has 0 saturated carbocycles. The standard InChI is InChI=1S/C13H20O7S/c1-6(14)16-5-8(21)9-10(17-7(2)15)11-12(18-9)20-13(3,4)19-11/h8-12,21H,5H2,1-4H3/t8-,9-,10+,11-,12-/m1/s1. The van der Waals surface area contributed by atoms with E-state index in [9.17, 15) is 9.59 Å². The van der Waals surface area contributed by atoms with Crippen molar-refractivity contribution in [3.8, 4) is 0 Å². The normalized spacial score (nSPS) is 35.1. The zero-order chi connectivity index (χ0) is 15.8. The fraction of sp³-hybridized carbons (Fsp3) is 0.846. The zero-order valence-corrected chi connectivity index (χ0v) is 13.3. The number of esters is 2. The number of carbonyl (C=O) groups excluding carboxylic acids is 2. The van der Waals surface area contributed by atoms with Crippen LogP contribution in [0.25, 0.3) is 0 Å². The van der Waals surface area contributed by atoms with Crippen LogP contribution in [0.5, 0.6) is 0 Å². The summed E-state index contributed by atoms with van der Waals surface area (Å²) < 4.78 is 27.3. The molecule has 0 amide bonds. The summed E-state index contributed by atoms with van der Waals surface area (Å²) in [4.78, 5) is 22.2. The molecule has 2 heterocycles. The summed E-state index contributed by atoms with van der Waals surface area (Å²) in [7, 11) is 0. The van der Waals surface area contributed by atoms with Crippen LogP contribution in [0, 0.1) is 0 Å². The molecule has 2 saturated heterocycles. The van der Waals surface area contributed by atoms with Crippen LogP contribution in [0.2, 0.25) is 0 Å². The third-order valence-electron chi connectivity index (χ3n) is 3.17. The van der Waals surface area contributed by atoms with Gasteiger partial charge in [-0.3, -0.25) is 9.59 Å². The van der Waals surface area contributed by atoms with E-state index in [0.717, 1.165) is 0 Å². The summed E-state index contributed by atoms with van der Waals surface area (Å²) in [6, 6.07) is 0. The second kappa shape index (κ2) is 6.12. The molecule has 120 valence electrons. The molecule has 0 N–H and O–H groups in total. The molecule has 7 nitrogen and oxygen atoms in total. The van der Waals surface area contributed by atoms with Crippen LogP contribution in [0.3, 0.4) is 0 Å². The Bertz CT molecular complexity index is 425. The molecule has 0 bridgehead atoms. The van der Waals surface area contributed by atoms with E-state index in [1.165, 1.54) is 13.8 Å². The van der Waals surface area contributed by atoms with Crippen molar-refractivity contribution in [2.75, 3.05) is 6.61 Å². The van der Waals surface area contributed by atoms with Gasteiger partial charge in [-0.15, -0.1) is 0 Å². The fourth-order valence-corrected chi connectivity index (χ4v) is 2.75. The van der Waals surface area contributed by atoms with E-state index in [0.29, 0.717) is 0 Å². The molecule has 2 fully saturated rings. The van der Waals surface area contributed by atoms with E-state index in [1.54, 1.807) is 13.8 Å². The Balaban J connectivity index is 2.07. The first-order chi connectivity index (χ1) is 9.69. The highest BCUT2D eigenvalue weighted by atomic mass is 32.1. The molecule has 8 heteroatoms. The second-order valence-corrected chi connectivity index (χ2v) is 6.18. The molecular weight excluding hydrogens is 300 g/mol. The lowest BCUT2D eigenvalue weighted by molar-refractivity contribution is -0.219. The molecule has 2 rings (SSSR count). The van der Waals surface area contributed by atoms with Gasteiger partial charge in [0.1, 0.15) is 12.7 Å². The maximum atomic E-state index is 11.3. The Kier molecular flexibility index (Phi) is 4.82. The lowest BCUT2D eigenvalue weighted by atomic mass is 10.1. The third kappa shape index (κ3) is 3.88.